The highest BCUT2D eigenvalue weighted by molar-refractivity contribution is 9.10. The predicted molar refractivity (Wildman–Crippen MR) is 122 cm³/mol. The maximum absolute atomic E-state index is 5.03. The van der Waals surface area contributed by atoms with Gasteiger partial charge in [0.1, 0.15) is 5.82 Å². The standard InChI is InChI=1S/C25H15BrN2/c26-20-14-21-24(28-25(27-21)15-8-2-1-3-9-15)23-19-13-7-5-11-17(19)16-10-4-6-12-18(16)22(20)23/h1-14H,(H,27,28). The summed E-state index contributed by atoms with van der Waals surface area (Å²) in [4.78, 5) is 8.55. The van der Waals surface area contributed by atoms with Crippen LogP contribution in [0.25, 0.3) is 54.7 Å². The molecule has 2 nitrogen and oxygen atoms in total. The van der Waals surface area contributed by atoms with Gasteiger partial charge < -0.3 is 4.98 Å². The Hall–Kier alpha value is -3.17. The van der Waals surface area contributed by atoms with E-state index in [9.17, 15) is 0 Å². The molecule has 0 amide bonds. The van der Waals surface area contributed by atoms with E-state index < -0.39 is 0 Å². The lowest BCUT2D eigenvalue weighted by Crippen LogP contribution is -1.86. The molecule has 132 valence electrons. The van der Waals surface area contributed by atoms with E-state index in [1.807, 2.05) is 18.2 Å². The number of H-pyrrole nitrogens is 1. The fourth-order valence-corrected chi connectivity index (χ4v) is 4.89. The minimum atomic E-state index is 0.896. The van der Waals surface area contributed by atoms with Crippen LogP contribution < -0.4 is 0 Å². The summed E-state index contributed by atoms with van der Waals surface area (Å²) in [5, 5.41) is 7.41. The third kappa shape index (κ3) is 2.17. The molecule has 6 rings (SSSR count). The molecule has 0 saturated carbocycles. The minimum absolute atomic E-state index is 0.896. The number of benzene rings is 5. The van der Waals surface area contributed by atoms with Gasteiger partial charge in [-0.3, -0.25) is 0 Å². The number of hydrogen-bond donors (Lipinski definition) is 1. The van der Waals surface area contributed by atoms with Crippen molar-refractivity contribution < 1.29 is 0 Å². The molecule has 28 heavy (non-hydrogen) atoms. The number of aromatic nitrogens is 2. The Balaban J connectivity index is 1.87. The molecule has 0 radical (unpaired) electrons. The summed E-state index contributed by atoms with van der Waals surface area (Å²) in [5.41, 5.74) is 3.14. The van der Waals surface area contributed by atoms with Gasteiger partial charge in [0.05, 0.1) is 11.0 Å². The zero-order valence-corrected chi connectivity index (χ0v) is 16.5. The van der Waals surface area contributed by atoms with E-state index in [-0.39, 0.29) is 0 Å². The van der Waals surface area contributed by atoms with E-state index in [2.05, 4.69) is 87.6 Å². The van der Waals surface area contributed by atoms with Gasteiger partial charge in [-0.05, 0) is 27.6 Å². The van der Waals surface area contributed by atoms with Crippen LogP contribution in [0.4, 0.5) is 0 Å². The number of rotatable bonds is 1. The summed E-state index contributed by atoms with van der Waals surface area (Å²) >= 11 is 3.84. The van der Waals surface area contributed by atoms with Crippen LogP contribution in [-0.2, 0) is 0 Å². The van der Waals surface area contributed by atoms with Gasteiger partial charge >= 0.3 is 0 Å². The summed E-state index contributed by atoms with van der Waals surface area (Å²) in [6.07, 6.45) is 0. The van der Waals surface area contributed by atoms with Crippen molar-refractivity contribution >= 4 is 59.3 Å². The second-order valence-electron chi connectivity index (χ2n) is 7.05. The number of imidazole rings is 1. The Morgan fingerprint density at radius 1 is 0.643 bits per heavy atom. The van der Waals surface area contributed by atoms with E-state index in [1.54, 1.807) is 0 Å². The third-order valence-corrected chi connectivity index (χ3v) is 6.08. The van der Waals surface area contributed by atoms with Gasteiger partial charge in [0.15, 0.2) is 0 Å². The van der Waals surface area contributed by atoms with E-state index in [1.165, 1.54) is 32.3 Å². The molecule has 3 heteroatoms. The molecule has 5 aromatic carbocycles. The van der Waals surface area contributed by atoms with Gasteiger partial charge in [0, 0.05) is 20.8 Å². The van der Waals surface area contributed by atoms with E-state index in [0.29, 0.717) is 0 Å². The highest BCUT2D eigenvalue weighted by Crippen LogP contribution is 2.42. The molecule has 0 aliphatic carbocycles. The van der Waals surface area contributed by atoms with Crippen molar-refractivity contribution in [2.45, 2.75) is 0 Å². The topological polar surface area (TPSA) is 28.7 Å². The lowest BCUT2D eigenvalue weighted by atomic mass is 9.94. The zero-order valence-electron chi connectivity index (χ0n) is 14.9. The van der Waals surface area contributed by atoms with Crippen LogP contribution in [0.3, 0.4) is 0 Å². The highest BCUT2D eigenvalue weighted by atomic mass is 79.9. The molecule has 0 spiro atoms. The molecule has 0 bridgehead atoms. The fraction of sp³-hybridized carbons (Fsp3) is 0. The second-order valence-corrected chi connectivity index (χ2v) is 7.90. The number of nitrogens with zero attached hydrogens (tertiary/aromatic N) is 1. The maximum Gasteiger partial charge on any atom is 0.138 e. The van der Waals surface area contributed by atoms with Gasteiger partial charge in [-0.25, -0.2) is 4.98 Å². The van der Waals surface area contributed by atoms with E-state index in [0.717, 1.165) is 26.9 Å². The smallest absolute Gasteiger partial charge is 0.138 e. The first-order valence-corrected chi connectivity index (χ1v) is 10.1. The molecule has 0 fully saturated rings. The minimum Gasteiger partial charge on any atom is -0.338 e. The molecule has 0 atom stereocenters. The lowest BCUT2D eigenvalue weighted by Gasteiger charge is -2.12. The van der Waals surface area contributed by atoms with Crippen LogP contribution in [0.1, 0.15) is 0 Å². The maximum atomic E-state index is 5.03. The summed E-state index contributed by atoms with van der Waals surface area (Å²) in [5.74, 6) is 0.896. The largest absolute Gasteiger partial charge is 0.338 e. The molecule has 0 aliphatic rings. The van der Waals surface area contributed by atoms with Crippen LogP contribution in [0.2, 0.25) is 0 Å². The van der Waals surface area contributed by atoms with Crippen molar-refractivity contribution in [3.05, 3.63) is 89.4 Å². The van der Waals surface area contributed by atoms with Gasteiger partial charge in [-0.15, -0.1) is 0 Å². The molecule has 0 aliphatic heterocycles. The van der Waals surface area contributed by atoms with Gasteiger partial charge in [0.25, 0.3) is 0 Å². The lowest BCUT2D eigenvalue weighted by molar-refractivity contribution is 1.34. The van der Waals surface area contributed by atoms with Gasteiger partial charge in [0.2, 0.25) is 0 Å². The summed E-state index contributed by atoms with van der Waals surface area (Å²) < 4.78 is 1.08. The Morgan fingerprint density at radius 3 is 1.89 bits per heavy atom. The summed E-state index contributed by atoms with van der Waals surface area (Å²) in [6, 6.07) is 29.7. The molecule has 1 aromatic heterocycles. The van der Waals surface area contributed by atoms with Gasteiger partial charge in [-0.2, -0.15) is 0 Å². The van der Waals surface area contributed by atoms with Crippen molar-refractivity contribution in [1.29, 1.82) is 0 Å². The molecule has 6 aromatic rings. The fourth-order valence-electron chi connectivity index (χ4n) is 4.25. The monoisotopic (exact) mass is 422 g/mol. The van der Waals surface area contributed by atoms with Crippen LogP contribution >= 0.6 is 15.9 Å². The van der Waals surface area contributed by atoms with Crippen LogP contribution in [0, 0.1) is 0 Å². The van der Waals surface area contributed by atoms with E-state index >= 15 is 0 Å². The second kappa shape index (κ2) is 5.91. The molecular formula is C25H15BrN2. The quantitative estimate of drug-likeness (QED) is 0.273. The van der Waals surface area contributed by atoms with Crippen LogP contribution in [0.5, 0.6) is 0 Å². The average Bonchev–Trinajstić information content (AvgIpc) is 3.18. The number of hydrogen-bond acceptors (Lipinski definition) is 1. The van der Waals surface area contributed by atoms with Crippen molar-refractivity contribution in [3.8, 4) is 11.4 Å². The highest BCUT2D eigenvalue weighted by Gasteiger charge is 2.16. The molecule has 0 saturated heterocycles. The van der Waals surface area contributed by atoms with Crippen LogP contribution in [-0.4, -0.2) is 9.97 Å². The summed E-state index contributed by atoms with van der Waals surface area (Å²) in [7, 11) is 0. The third-order valence-electron chi connectivity index (χ3n) is 5.46. The van der Waals surface area contributed by atoms with Crippen molar-refractivity contribution in [2.75, 3.05) is 0 Å². The Bertz CT molecular complexity index is 1510. The molecule has 1 heterocycles. The van der Waals surface area contributed by atoms with Gasteiger partial charge in [-0.1, -0.05) is 94.8 Å². The Labute approximate surface area is 170 Å². The normalized spacial score (nSPS) is 11.8. The first-order valence-electron chi connectivity index (χ1n) is 9.28. The Morgan fingerprint density at radius 2 is 1.21 bits per heavy atom. The van der Waals surface area contributed by atoms with Crippen molar-refractivity contribution in [1.82, 2.24) is 9.97 Å². The molecule has 0 unspecified atom stereocenters. The van der Waals surface area contributed by atoms with E-state index in [4.69, 9.17) is 4.98 Å². The predicted octanol–water partition coefficient (Wildman–Crippen LogP) is 7.45. The van der Waals surface area contributed by atoms with Crippen molar-refractivity contribution in [3.63, 3.8) is 0 Å². The molecular weight excluding hydrogens is 408 g/mol. The first kappa shape index (κ1) is 15.8. The zero-order chi connectivity index (χ0) is 18.7. The average molecular weight is 423 g/mol. The first-order chi connectivity index (χ1) is 13.8. The number of halogens is 1. The summed E-state index contributed by atoms with van der Waals surface area (Å²) in [6.45, 7) is 0. The number of nitrogens with one attached hydrogen (secondary N) is 1. The Kier molecular flexibility index (Phi) is 3.35. The number of aromatic amines is 1. The number of fused-ring (bicyclic) bond motifs is 8. The SMILES string of the molecule is Brc1cc2[nH]c(-c3ccccc3)nc2c2c3ccccc3c3ccccc3c12. The molecule has 1 N–H and O–H groups in total. The van der Waals surface area contributed by atoms with Crippen LogP contribution in [0.15, 0.2) is 89.4 Å². The van der Waals surface area contributed by atoms with Crippen molar-refractivity contribution in [2.24, 2.45) is 0 Å².